The first-order valence-corrected chi connectivity index (χ1v) is 15.3. The second kappa shape index (κ2) is 12.8. The normalized spacial score (nSPS) is 15.0. The van der Waals surface area contributed by atoms with E-state index >= 15 is 0 Å². The lowest BCUT2D eigenvalue weighted by Crippen LogP contribution is -2.29. The van der Waals surface area contributed by atoms with Gasteiger partial charge in [0.2, 0.25) is 10.0 Å². The first-order valence-electron chi connectivity index (χ1n) is 12.1. The number of nitrogens with zero attached hydrogens (tertiary/aromatic N) is 3. The third kappa shape index (κ3) is 8.60. The number of rotatable bonds is 7. The number of sulfonamides is 1. The number of aryl methyl sites for hydroxylation is 1. The number of nitrogens with two attached hydrogens (primary N) is 1. The number of aromatic nitrogens is 2. The minimum atomic E-state index is -5.08. The molecule has 0 bridgehead atoms. The number of thiazole rings is 2. The van der Waals surface area contributed by atoms with Crippen LogP contribution in [-0.4, -0.2) is 66.8 Å². The molecule has 1 fully saturated rings. The Kier molecular flexibility index (Phi) is 10.2. The average Bonchev–Trinajstić information content (AvgIpc) is 3.45. The maximum absolute atomic E-state index is 11.8. The molecule has 3 aromatic rings. The SMILES string of the molecule is Cc1nc(C2CCN(C)CC2)sc1-c1csc(Nc2cc(S(N)(=O)=O)ccc2OC(C)C)n1.O=C(O)C(F)(F)F. The average molecular weight is 622 g/mol. The molecular weight excluding hydrogens is 591 g/mol. The molecular formula is C24H30F3N5O5S3. The molecule has 220 valence electrons. The first-order chi connectivity index (χ1) is 18.5. The molecule has 0 aliphatic carbocycles. The molecule has 0 unspecified atom stereocenters. The molecule has 0 spiro atoms. The standard InChI is InChI=1S/C22H29N5O3S3.C2HF3O2/c1-13(2)30-19-6-5-16(33(23,28)29)11-17(19)25-22-26-18(12-31-22)20-14(3)24-21(32-20)15-7-9-27(4)10-8-15;3-2(4,5)1(6)7/h5-6,11-13,15H,7-10H2,1-4H3,(H,25,26)(H2,23,28,29);(H,6,7). The second-order valence-corrected chi connectivity index (χ2v) is 12.8. The molecule has 16 heteroatoms. The molecule has 1 aliphatic rings. The quantitative estimate of drug-likeness (QED) is 0.324. The number of aliphatic carboxylic acids is 1. The van der Waals surface area contributed by atoms with E-state index < -0.39 is 22.2 Å². The van der Waals surface area contributed by atoms with Crippen LogP contribution in [0.3, 0.4) is 0 Å². The molecule has 0 atom stereocenters. The number of carboxylic acids is 1. The van der Waals surface area contributed by atoms with E-state index in [0.717, 1.165) is 42.2 Å². The molecule has 0 amide bonds. The highest BCUT2D eigenvalue weighted by atomic mass is 32.2. The molecule has 3 heterocycles. The van der Waals surface area contributed by atoms with E-state index in [2.05, 4.69) is 17.3 Å². The summed E-state index contributed by atoms with van der Waals surface area (Å²) in [5, 5.41) is 19.5. The van der Waals surface area contributed by atoms with E-state index in [-0.39, 0.29) is 11.0 Å². The van der Waals surface area contributed by atoms with Crippen molar-refractivity contribution in [1.82, 2.24) is 14.9 Å². The highest BCUT2D eigenvalue weighted by Gasteiger charge is 2.38. The van der Waals surface area contributed by atoms with Crippen LogP contribution in [0.2, 0.25) is 0 Å². The molecule has 1 aromatic carbocycles. The summed E-state index contributed by atoms with van der Waals surface area (Å²) in [5.74, 6) is -1.72. The van der Waals surface area contributed by atoms with Gasteiger partial charge in [-0.3, -0.25) is 0 Å². The number of anilines is 2. The summed E-state index contributed by atoms with van der Waals surface area (Å²) in [5.41, 5.74) is 2.36. The summed E-state index contributed by atoms with van der Waals surface area (Å²) in [6.07, 6.45) is -2.90. The van der Waals surface area contributed by atoms with Crippen molar-refractivity contribution < 1.29 is 36.2 Å². The molecule has 1 aliphatic heterocycles. The van der Waals surface area contributed by atoms with Crippen molar-refractivity contribution in [2.24, 2.45) is 5.14 Å². The maximum atomic E-state index is 11.8. The van der Waals surface area contributed by atoms with Crippen molar-refractivity contribution in [1.29, 1.82) is 0 Å². The van der Waals surface area contributed by atoms with Gasteiger partial charge in [-0.25, -0.2) is 28.3 Å². The topological polar surface area (TPSA) is 148 Å². The van der Waals surface area contributed by atoms with Gasteiger partial charge in [-0.15, -0.1) is 22.7 Å². The Morgan fingerprint density at radius 2 is 1.88 bits per heavy atom. The fourth-order valence-electron chi connectivity index (χ4n) is 3.78. The summed E-state index contributed by atoms with van der Waals surface area (Å²) in [6, 6.07) is 4.53. The van der Waals surface area contributed by atoms with Gasteiger partial charge in [0.1, 0.15) is 5.75 Å². The van der Waals surface area contributed by atoms with E-state index in [4.69, 9.17) is 29.7 Å². The summed E-state index contributed by atoms with van der Waals surface area (Å²) in [6.45, 7) is 8.05. The Balaban J connectivity index is 0.000000559. The number of hydrogen-bond donors (Lipinski definition) is 3. The van der Waals surface area contributed by atoms with Gasteiger partial charge >= 0.3 is 12.1 Å². The number of ether oxygens (including phenoxy) is 1. The third-order valence-corrected chi connectivity index (χ3v) is 8.76. The van der Waals surface area contributed by atoms with Crippen LogP contribution < -0.4 is 15.2 Å². The van der Waals surface area contributed by atoms with Crippen molar-refractivity contribution in [2.45, 2.75) is 56.7 Å². The zero-order valence-corrected chi connectivity index (χ0v) is 24.6. The minimum Gasteiger partial charge on any atom is -0.489 e. The number of halogens is 3. The van der Waals surface area contributed by atoms with E-state index in [1.807, 2.05) is 26.2 Å². The maximum Gasteiger partial charge on any atom is 0.490 e. The van der Waals surface area contributed by atoms with Gasteiger partial charge in [0.25, 0.3) is 0 Å². The van der Waals surface area contributed by atoms with Gasteiger partial charge in [-0.2, -0.15) is 13.2 Å². The van der Waals surface area contributed by atoms with Gasteiger partial charge in [0.05, 0.1) is 38.0 Å². The Hall–Kier alpha value is -2.79. The Morgan fingerprint density at radius 3 is 2.42 bits per heavy atom. The number of nitrogens with one attached hydrogen (secondary N) is 1. The number of primary sulfonamides is 1. The predicted molar refractivity (Wildman–Crippen MR) is 148 cm³/mol. The van der Waals surface area contributed by atoms with Crippen LogP contribution in [0.25, 0.3) is 10.6 Å². The fourth-order valence-corrected chi connectivity index (χ4v) is 6.30. The van der Waals surface area contributed by atoms with Crippen molar-refractivity contribution in [3.8, 4) is 16.3 Å². The van der Waals surface area contributed by atoms with E-state index in [1.54, 1.807) is 17.4 Å². The number of carboxylic acid groups (broad SMARTS) is 1. The Labute approximate surface area is 238 Å². The lowest BCUT2D eigenvalue weighted by molar-refractivity contribution is -0.192. The molecule has 1 saturated heterocycles. The van der Waals surface area contributed by atoms with Gasteiger partial charge in [0, 0.05) is 11.3 Å². The molecule has 4 rings (SSSR count). The van der Waals surface area contributed by atoms with Gasteiger partial charge < -0.3 is 20.1 Å². The lowest BCUT2D eigenvalue weighted by atomic mass is 9.98. The van der Waals surface area contributed by atoms with Crippen LogP contribution in [0.4, 0.5) is 24.0 Å². The number of alkyl halides is 3. The van der Waals surface area contributed by atoms with Crippen molar-refractivity contribution in [3.05, 3.63) is 34.3 Å². The molecule has 0 radical (unpaired) electrons. The Bertz CT molecular complexity index is 1430. The number of piperidine rings is 1. The van der Waals surface area contributed by atoms with Crippen LogP contribution in [0.5, 0.6) is 5.75 Å². The number of benzene rings is 1. The van der Waals surface area contributed by atoms with Gasteiger partial charge in [0.15, 0.2) is 5.13 Å². The number of carbonyl (C=O) groups is 1. The molecule has 0 saturated carbocycles. The minimum absolute atomic E-state index is 0.0129. The van der Waals surface area contributed by atoms with Crippen LogP contribution in [0, 0.1) is 6.92 Å². The summed E-state index contributed by atoms with van der Waals surface area (Å²) >= 11 is 3.17. The Morgan fingerprint density at radius 1 is 1.25 bits per heavy atom. The highest BCUT2D eigenvalue weighted by Crippen LogP contribution is 2.39. The summed E-state index contributed by atoms with van der Waals surface area (Å²) in [7, 11) is -1.68. The van der Waals surface area contributed by atoms with Gasteiger partial charge in [-0.1, -0.05) is 0 Å². The molecule has 4 N–H and O–H groups in total. The monoisotopic (exact) mass is 621 g/mol. The van der Waals surface area contributed by atoms with Crippen LogP contribution >= 0.6 is 22.7 Å². The van der Waals surface area contributed by atoms with Crippen LogP contribution in [-0.2, 0) is 14.8 Å². The lowest BCUT2D eigenvalue weighted by Gasteiger charge is -2.27. The third-order valence-electron chi connectivity index (χ3n) is 5.74. The molecule has 10 nitrogen and oxygen atoms in total. The van der Waals surface area contributed by atoms with E-state index in [9.17, 15) is 21.6 Å². The summed E-state index contributed by atoms with van der Waals surface area (Å²) in [4.78, 5) is 22.0. The fraction of sp³-hybridized carbons (Fsp3) is 0.458. The van der Waals surface area contributed by atoms with Gasteiger partial charge in [-0.05, 0) is 71.9 Å². The van der Waals surface area contributed by atoms with Crippen LogP contribution in [0.1, 0.15) is 43.3 Å². The van der Waals surface area contributed by atoms with Crippen molar-refractivity contribution in [2.75, 3.05) is 25.5 Å². The number of hydrogen-bond acceptors (Lipinski definition) is 10. The zero-order valence-electron chi connectivity index (χ0n) is 22.2. The largest absolute Gasteiger partial charge is 0.490 e. The zero-order chi connectivity index (χ0) is 29.8. The van der Waals surface area contributed by atoms with Crippen molar-refractivity contribution >= 4 is 49.5 Å². The number of likely N-dealkylation sites (tertiary alicyclic amines) is 1. The summed E-state index contributed by atoms with van der Waals surface area (Å²) < 4.78 is 61.2. The van der Waals surface area contributed by atoms with Crippen molar-refractivity contribution in [3.63, 3.8) is 0 Å². The smallest absolute Gasteiger partial charge is 0.489 e. The first kappa shape index (κ1) is 31.7. The highest BCUT2D eigenvalue weighted by molar-refractivity contribution is 7.89. The van der Waals surface area contributed by atoms with E-state index in [1.165, 1.54) is 28.5 Å². The van der Waals surface area contributed by atoms with E-state index in [0.29, 0.717) is 22.5 Å². The molecule has 2 aromatic heterocycles. The van der Waals surface area contributed by atoms with Crippen LogP contribution in [0.15, 0.2) is 28.5 Å². The second-order valence-electron chi connectivity index (χ2n) is 9.38. The molecule has 40 heavy (non-hydrogen) atoms. The predicted octanol–water partition coefficient (Wildman–Crippen LogP) is 5.20.